The van der Waals surface area contributed by atoms with E-state index in [2.05, 4.69) is 4.98 Å². The zero-order valence-electron chi connectivity index (χ0n) is 15.7. The minimum absolute atomic E-state index is 0.190. The van der Waals surface area contributed by atoms with Crippen molar-refractivity contribution in [1.82, 2.24) is 4.98 Å². The van der Waals surface area contributed by atoms with Crippen molar-refractivity contribution >= 4 is 46.4 Å². The molecule has 2 aromatic carbocycles. The van der Waals surface area contributed by atoms with Crippen LogP contribution in [0.2, 0.25) is 5.02 Å². The normalized spacial score (nSPS) is 12.0. The van der Waals surface area contributed by atoms with Crippen molar-refractivity contribution in [3.8, 4) is 11.3 Å². The SMILES string of the molecule is COC=C(C(=O)OC)c1ccccc1C=C(F)c1nc(-c2ccc(Cl)cc2)cs1. The Labute approximate surface area is 176 Å². The lowest BCUT2D eigenvalue weighted by atomic mass is 10.00. The molecule has 0 spiro atoms. The number of esters is 1. The number of benzene rings is 2. The molecular weight excluding hydrogens is 413 g/mol. The minimum atomic E-state index is -0.576. The van der Waals surface area contributed by atoms with Gasteiger partial charge in [0.25, 0.3) is 0 Å². The average molecular weight is 430 g/mol. The molecule has 4 nitrogen and oxygen atoms in total. The fourth-order valence-corrected chi connectivity index (χ4v) is 3.51. The standard InChI is InChI=1S/C22H17ClFNO3S/c1-27-12-18(22(26)28-2)17-6-4-3-5-15(17)11-19(24)21-25-20(13-29-21)14-7-9-16(23)10-8-14/h3-13H,1-2H3. The van der Waals surface area contributed by atoms with Gasteiger partial charge in [-0.25, -0.2) is 14.2 Å². The number of carbonyl (C=O) groups excluding carboxylic acids is 1. The van der Waals surface area contributed by atoms with Gasteiger partial charge >= 0.3 is 5.97 Å². The van der Waals surface area contributed by atoms with E-state index >= 15 is 0 Å². The summed E-state index contributed by atoms with van der Waals surface area (Å²) >= 11 is 7.10. The number of halogens is 2. The first kappa shape index (κ1) is 20.8. The van der Waals surface area contributed by atoms with E-state index in [9.17, 15) is 9.18 Å². The summed E-state index contributed by atoms with van der Waals surface area (Å²) in [6.45, 7) is 0. The number of hydrogen-bond donors (Lipinski definition) is 0. The van der Waals surface area contributed by atoms with Crippen molar-refractivity contribution in [2.75, 3.05) is 14.2 Å². The zero-order chi connectivity index (χ0) is 20.8. The number of nitrogens with zero attached hydrogens (tertiary/aromatic N) is 1. The molecule has 29 heavy (non-hydrogen) atoms. The summed E-state index contributed by atoms with van der Waals surface area (Å²) in [5.41, 5.74) is 2.69. The second kappa shape index (κ2) is 9.49. The van der Waals surface area contributed by atoms with Crippen LogP contribution in [-0.4, -0.2) is 25.2 Å². The second-order valence-electron chi connectivity index (χ2n) is 5.88. The third kappa shape index (κ3) is 4.91. The van der Waals surface area contributed by atoms with E-state index in [1.54, 1.807) is 41.8 Å². The van der Waals surface area contributed by atoms with E-state index in [1.165, 1.54) is 37.9 Å². The van der Waals surface area contributed by atoms with Crippen molar-refractivity contribution in [1.29, 1.82) is 0 Å². The highest BCUT2D eigenvalue weighted by atomic mass is 35.5. The highest BCUT2D eigenvalue weighted by Gasteiger charge is 2.17. The number of thiazole rings is 1. The molecule has 0 aliphatic carbocycles. The molecule has 0 aliphatic rings. The van der Waals surface area contributed by atoms with Crippen LogP contribution in [0.4, 0.5) is 4.39 Å². The number of ether oxygens (including phenoxy) is 2. The Bertz CT molecular complexity index is 1070. The number of aromatic nitrogens is 1. The predicted octanol–water partition coefficient (Wildman–Crippen LogP) is 6.09. The fourth-order valence-electron chi connectivity index (χ4n) is 2.65. The topological polar surface area (TPSA) is 48.4 Å². The summed E-state index contributed by atoms with van der Waals surface area (Å²) in [6, 6.07) is 14.1. The summed E-state index contributed by atoms with van der Waals surface area (Å²) in [5.74, 6) is -1.09. The highest BCUT2D eigenvalue weighted by Crippen LogP contribution is 2.30. The first-order valence-electron chi connectivity index (χ1n) is 8.53. The van der Waals surface area contributed by atoms with Gasteiger partial charge in [-0.15, -0.1) is 11.3 Å². The molecule has 148 valence electrons. The Morgan fingerprint density at radius 1 is 1.14 bits per heavy atom. The van der Waals surface area contributed by atoms with E-state index in [0.29, 0.717) is 21.8 Å². The van der Waals surface area contributed by atoms with E-state index < -0.39 is 11.8 Å². The summed E-state index contributed by atoms with van der Waals surface area (Å²) in [4.78, 5) is 16.5. The fraction of sp³-hybridized carbons (Fsp3) is 0.0909. The lowest BCUT2D eigenvalue weighted by molar-refractivity contribution is -0.133. The largest absolute Gasteiger partial charge is 0.503 e. The van der Waals surface area contributed by atoms with E-state index in [4.69, 9.17) is 21.1 Å². The second-order valence-corrected chi connectivity index (χ2v) is 7.18. The Kier molecular flexibility index (Phi) is 6.80. The third-order valence-corrected chi connectivity index (χ3v) is 5.13. The maximum absolute atomic E-state index is 14.9. The molecule has 1 heterocycles. The Hall–Kier alpha value is -2.96. The molecular formula is C22H17ClFNO3S. The predicted molar refractivity (Wildman–Crippen MR) is 115 cm³/mol. The van der Waals surface area contributed by atoms with Gasteiger partial charge in [0.1, 0.15) is 5.57 Å². The Morgan fingerprint density at radius 2 is 1.86 bits per heavy atom. The number of rotatable bonds is 6. The van der Waals surface area contributed by atoms with Gasteiger partial charge < -0.3 is 9.47 Å². The van der Waals surface area contributed by atoms with Crippen LogP contribution in [0, 0.1) is 0 Å². The molecule has 0 aliphatic heterocycles. The summed E-state index contributed by atoms with van der Waals surface area (Å²) in [6.07, 6.45) is 2.62. The van der Waals surface area contributed by atoms with Gasteiger partial charge in [-0.1, -0.05) is 48.0 Å². The van der Waals surface area contributed by atoms with Crippen molar-refractivity contribution in [3.63, 3.8) is 0 Å². The van der Waals surface area contributed by atoms with Crippen LogP contribution in [0.3, 0.4) is 0 Å². The van der Waals surface area contributed by atoms with Gasteiger partial charge in [0.05, 0.1) is 26.2 Å². The monoisotopic (exact) mass is 429 g/mol. The zero-order valence-corrected chi connectivity index (χ0v) is 17.3. The number of methoxy groups -OCH3 is 2. The van der Waals surface area contributed by atoms with Gasteiger partial charge in [0, 0.05) is 16.0 Å². The van der Waals surface area contributed by atoms with Gasteiger partial charge in [-0.3, -0.25) is 0 Å². The lowest BCUT2D eigenvalue weighted by Gasteiger charge is -2.09. The molecule has 3 rings (SSSR count). The van der Waals surface area contributed by atoms with Crippen LogP contribution < -0.4 is 0 Å². The Morgan fingerprint density at radius 3 is 2.55 bits per heavy atom. The van der Waals surface area contributed by atoms with E-state index in [0.717, 1.165) is 5.56 Å². The first-order chi connectivity index (χ1) is 14.0. The molecule has 3 aromatic rings. The van der Waals surface area contributed by atoms with Crippen molar-refractivity contribution in [3.05, 3.63) is 81.3 Å². The van der Waals surface area contributed by atoms with Crippen LogP contribution >= 0.6 is 22.9 Å². The third-order valence-electron chi connectivity index (χ3n) is 4.02. The van der Waals surface area contributed by atoms with Gasteiger partial charge in [0.2, 0.25) is 0 Å². The number of hydrogen-bond acceptors (Lipinski definition) is 5. The van der Waals surface area contributed by atoms with Crippen molar-refractivity contribution in [2.24, 2.45) is 0 Å². The van der Waals surface area contributed by atoms with Crippen LogP contribution in [0.1, 0.15) is 16.1 Å². The quantitative estimate of drug-likeness (QED) is 0.270. The van der Waals surface area contributed by atoms with Crippen LogP contribution in [-0.2, 0) is 14.3 Å². The highest BCUT2D eigenvalue weighted by molar-refractivity contribution is 7.11. The summed E-state index contributed by atoms with van der Waals surface area (Å²) < 4.78 is 24.7. The lowest BCUT2D eigenvalue weighted by Crippen LogP contribution is -2.05. The summed E-state index contributed by atoms with van der Waals surface area (Å²) in [5, 5.41) is 2.64. The molecule has 0 saturated heterocycles. The van der Waals surface area contributed by atoms with Gasteiger partial charge in [-0.05, 0) is 29.3 Å². The number of carbonyl (C=O) groups is 1. The molecule has 0 unspecified atom stereocenters. The smallest absolute Gasteiger partial charge is 0.341 e. The average Bonchev–Trinajstić information content (AvgIpc) is 3.23. The van der Waals surface area contributed by atoms with E-state index in [1.807, 2.05) is 12.1 Å². The molecule has 0 bridgehead atoms. The van der Waals surface area contributed by atoms with E-state index in [-0.39, 0.29) is 10.6 Å². The summed E-state index contributed by atoms with van der Waals surface area (Å²) in [7, 11) is 2.70. The van der Waals surface area contributed by atoms with Gasteiger partial charge in [-0.2, -0.15) is 0 Å². The molecule has 0 atom stereocenters. The molecule has 7 heteroatoms. The maximum Gasteiger partial charge on any atom is 0.341 e. The Balaban J connectivity index is 1.96. The van der Waals surface area contributed by atoms with Gasteiger partial charge in [0.15, 0.2) is 10.8 Å². The maximum atomic E-state index is 14.9. The van der Waals surface area contributed by atoms with Crippen LogP contribution in [0.5, 0.6) is 0 Å². The van der Waals surface area contributed by atoms with Crippen LogP contribution in [0.25, 0.3) is 28.7 Å². The van der Waals surface area contributed by atoms with Crippen LogP contribution in [0.15, 0.2) is 60.2 Å². The first-order valence-corrected chi connectivity index (χ1v) is 9.79. The molecule has 0 fully saturated rings. The molecule has 1 aromatic heterocycles. The van der Waals surface area contributed by atoms with Crippen molar-refractivity contribution in [2.45, 2.75) is 0 Å². The molecule has 0 N–H and O–H groups in total. The van der Waals surface area contributed by atoms with Crippen molar-refractivity contribution < 1.29 is 18.7 Å². The molecule has 0 amide bonds. The molecule has 0 saturated carbocycles. The minimum Gasteiger partial charge on any atom is -0.503 e. The molecule has 0 radical (unpaired) electrons.